The predicted octanol–water partition coefficient (Wildman–Crippen LogP) is -0.753. The third kappa shape index (κ3) is 5.87. The molecule has 0 aromatic heterocycles. The number of nitrogens with zero attached hydrogens (tertiary/aromatic N) is 1. The quantitative estimate of drug-likeness (QED) is 0.404. The maximum absolute atomic E-state index is 12.2. The molecule has 0 aromatic carbocycles. The molecule has 124 valence electrons. The van der Waals surface area contributed by atoms with Gasteiger partial charge in [-0.3, -0.25) is 4.79 Å². The van der Waals surface area contributed by atoms with E-state index >= 15 is 0 Å². The first-order valence-electron chi connectivity index (χ1n) is 7.14. The summed E-state index contributed by atoms with van der Waals surface area (Å²) >= 11 is 0. The molecule has 1 aliphatic rings. The summed E-state index contributed by atoms with van der Waals surface area (Å²) in [6.07, 6.45) is 1.63. The third-order valence-corrected chi connectivity index (χ3v) is 4.68. The smallest absolute Gasteiger partial charge is 0.324 e. The number of esters is 1. The number of carbonyl (C=O) groups is 1. The Morgan fingerprint density at radius 2 is 2.19 bits per heavy atom. The number of ether oxygens (including phenoxy) is 2. The van der Waals surface area contributed by atoms with Crippen LogP contribution in [0.1, 0.15) is 26.2 Å². The molecule has 1 rings (SSSR count). The fourth-order valence-electron chi connectivity index (χ4n) is 2.13. The fraction of sp³-hybridized carbons (Fsp3) is 0.917. The van der Waals surface area contributed by atoms with Crippen molar-refractivity contribution in [2.24, 2.45) is 0 Å². The molecule has 0 aromatic rings. The van der Waals surface area contributed by atoms with Crippen molar-refractivity contribution in [2.45, 2.75) is 32.2 Å². The van der Waals surface area contributed by atoms with E-state index in [1.54, 1.807) is 6.92 Å². The Morgan fingerprint density at radius 1 is 1.43 bits per heavy atom. The number of aliphatic hydroxyl groups is 1. The molecule has 1 saturated heterocycles. The molecule has 1 heterocycles. The summed E-state index contributed by atoms with van der Waals surface area (Å²) in [7, 11) is -3.69. The van der Waals surface area contributed by atoms with Gasteiger partial charge < -0.3 is 14.6 Å². The molecular weight excluding hydrogens is 300 g/mol. The van der Waals surface area contributed by atoms with E-state index in [-0.39, 0.29) is 26.4 Å². The van der Waals surface area contributed by atoms with Crippen molar-refractivity contribution in [1.29, 1.82) is 0 Å². The Bertz CT molecular complexity index is 414. The van der Waals surface area contributed by atoms with E-state index in [4.69, 9.17) is 14.6 Å². The second-order valence-corrected chi connectivity index (χ2v) is 6.32. The summed E-state index contributed by atoms with van der Waals surface area (Å²) in [4.78, 5) is 11.8. The molecule has 0 saturated carbocycles. The van der Waals surface area contributed by atoms with Crippen LogP contribution in [0.5, 0.6) is 0 Å². The SMILES string of the molecule is CCOC(=O)C1CCCN1S(=O)(=O)NCCCOCCO. The molecule has 0 spiro atoms. The summed E-state index contributed by atoms with van der Waals surface area (Å²) in [5.74, 6) is -0.494. The molecule has 1 aliphatic heterocycles. The molecule has 2 N–H and O–H groups in total. The summed E-state index contributed by atoms with van der Waals surface area (Å²) in [6, 6.07) is -0.729. The van der Waals surface area contributed by atoms with Crippen LogP contribution in [0.3, 0.4) is 0 Å². The fourth-order valence-corrected chi connectivity index (χ4v) is 3.59. The Hall–Kier alpha value is -0.740. The van der Waals surface area contributed by atoms with Crippen LogP contribution in [-0.2, 0) is 24.5 Å². The van der Waals surface area contributed by atoms with Crippen molar-refractivity contribution in [1.82, 2.24) is 9.03 Å². The second-order valence-electron chi connectivity index (χ2n) is 4.61. The van der Waals surface area contributed by atoms with Crippen molar-refractivity contribution < 1.29 is 27.8 Å². The maximum Gasteiger partial charge on any atom is 0.324 e. The normalized spacial score (nSPS) is 19.8. The van der Waals surface area contributed by atoms with Gasteiger partial charge in [0.05, 0.1) is 19.8 Å². The summed E-state index contributed by atoms with van der Waals surface area (Å²) < 4.78 is 37.9. The number of nitrogens with one attached hydrogen (secondary N) is 1. The highest BCUT2D eigenvalue weighted by molar-refractivity contribution is 7.87. The highest BCUT2D eigenvalue weighted by Gasteiger charge is 2.39. The second kappa shape index (κ2) is 9.31. The lowest BCUT2D eigenvalue weighted by Gasteiger charge is -2.22. The van der Waals surface area contributed by atoms with Crippen LogP contribution in [0.4, 0.5) is 0 Å². The predicted molar refractivity (Wildman–Crippen MR) is 75.8 cm³/mol. The van der Waals surface area contributed by atoms with E-state index in [1.165, 1.54) is 4.31 Å². The first-order chi connectivity index (χ1) is 10.0. The van der Waals surface area contributed by atoms with Gasteiger partial charge in [-0.05, 0) is 26.2 Å². The molecule has 1 atom stereocenters. The lowest BCUT2D eigenvalue weighted by Crippen LogP contribution is -2.47. The average Bonchev–Trinajstić information content (AvgIpc) is 2.93. The topological polar surface area (TPSA) is 105 Å². The van der Waals surface area contributed by atoms with E-state index in [0.29, 0.717) is 32.4 Å². The van der Waals surface area contributed by atoms with E-state index in [1.807, 2.05) is 0 Å². The molecule has 0 aliphatic carbocycles. The lowest BCUT2D eigenvalue weighted by atomic mass is 10.2. The number of hydrogen-bond acceptors (Lipinski definition) is 6. The van der Waals surface area contributed by atoms with Gasteiger partial charge in [0, 0.05) is 19.7 Å². The van der Waals surface area contributed by atoms with E-state index in [2.05, 4.69) is 4.72 Å². The zero-order chi connectivity index (χ0) is 15.7. The van der Waals surface area contributed by atoms with Gasteiger partial charge in [0.2, 0.25) is 0 Å². The molecule has 1 fully saturated rings. The summed E-state index contributed by atoms with van der Waals surface area (Å²) in [5, 5.41) is 8.53. The molecule has 9 heteroatoms. The van der Waals surface area contributed by atoms with Gasteiger partial charge in [-0.25, -0.2) is 4.72 Å². The molecule has 21 heavy (non-hydrogen) atoms. The van der Waals surface area contributed by atoms with Gasteiger partial charge in [0.25, 0.3) is 10.2 Å². The maximum atomic E-state index is 12.2. The van der Waals surface area contributed by atoms with Gasteiger partial charge in [-0.15, -0.1) is 0 Å². The van der Waals surface area contributed by atoms with Crippen molar-refractivity contribution in [3.8, 4) is 0 Å². The van der Waals surface area contributed by atoms with Crippen LogP contribution in [0, 0.1) is 0 Å². The van der Waals surface area contributed by atoms with Gasteiger partial charge in [-0.1, -0.05) is 0 Å². The van der Waals surface area contributed by atoms with Crippen LogP contribution >= 0.6 is 0 Å². The van der Waals surface area contributed by atoms with Crippen molar-refractivity contribution in [2.75, 3.05) is 39.5 Å². The molecule has 0 amide bonds. The number of hydrogen-bond donors (Lipinski definition) is 2. The number of aliphatic hydroxyl groups excluding tert-OH is 1. The van der Waals surface area contributed by atoms with Gasteiger partial charge >= 0.3 is 5.97 Å². The highest BCUT2D eigenvalue weighted by atomic mass is 32.2. The van der Waals surface area contributed by atoms with E-state index in [9.17, 15) is 13.2 Å². The zero-order valence-electron chi connectivity index (χ0n) is 12.3. The first-order valence-corrected chi connectivity index (χ1v) is 8.58. The minimum Gasteiger partial charge on any atom is -0.465 e. The monoisotopic (exact) mass is 324 g/mol. The van der Waals surface area contributed by atoms with Crippen LogP contribution in [0.15, 0.2) is 0 Å². The van der Waals surface area contributed by atoms with Crippen LogP contribution in [0.25, 0.3) is 0 Å². The van der Waals surface area contributed by atoms with Crippen molar-refractivity contribution >= 4 is 16.2 Å². The van der Waals surface area contributed by atoms with Gasteiger partial charge in [-0.2, -0.15) is 12.7 Å². The number of carbonyl (C=O) groups excluding carboxylic acids is 1. The molecule has 1 unspecified atom stereocenters. The van der Waals surface area contributed by atoms with Gasteiger partial charge in [0.15, 0.2) is 0 Å². The minimum atomic E-state index is -3.69. The molecule has 8 nitrogen and oxygen atoms in total. The van der Waals surface area contributed by atoms with E-state index in [0.717, 1.165) is 0 Å². The van der Waals surface area contributed by atoms with Gasteiger partial charge in [0.1, 0.15) is 6.04 Å². The highest BCUT2D eigenvalue weighted by Crippen LogP contribution is 2.21. The molecular formula is C12H24N2O6S. The first kappa shape index (κ1) is 18.3. The van der Waals surface area contributed by atoms with Crippen molar-refractivity contribution in [3.05, 3.63) is 0 Å². The standard InChI is InChI=1S/C12H24N2O6S/c1-2-20-12(16)11-5-3-7-14(11)21(17,18)13-6-4-9-19-10-8-15/h11,13,15H,2-10H2,1H3. The van der Waals surface area contributed by atoms with E-state index < -0.39 is 22.2 Å². The van der Waals surface area contributed by atoms with Crippen molar-refractivity contribution in [3.63, 3.8) is 0 Å². The zero-order valence-corrected chi connectivity index (χ0v) is 13.1. The Balaban J connectivity index is 2.43. The Kier molecular flexibility index (Phi) is 8.12. The van der Waals surface area contributed by atoms with Crippen LogP contribution in [-0.4, -0.2) is 69.4 Å². The average molecular weight is 324 g/mol. The Morgan fingerprint density at radius 3 is 2.86 bits per heavy atom. The molecule has 0 radical (unpaired) electrons. The Labute approximate surface area is 125 Å². The summed E-state index contributed by atoms with van der Waals surface area (Å²) in [6.45, 7) is 3.02. The third-order valence-electron chi connectivity index (χ3n) is 3.06. The molecule has 0 bridgehead atoms. The van der Waals surface area contributed by atoms with Crippen LogP contribution in [0.2, 0.25) is 0 Å². The van der Waals surface area contributed by atoms with Crippen LogP contribution < -0.4 is 4.72 Å². The summed E-state index contributed by atoms with van der Waals surface area (Å²) in [5.41, 5.74) is 0. The minimum absolute atomic E-state index is 0.0548. The largest absolute Gasteiger partial charge is 0.465 e. The lowest BCUT2D eigenvalue weighted by molar-refractivity contribution is -0.146. The number of rotatable bonds is 10.